The van der Waals surface area contributed by atoms with Crippen LogP contribution in [0.4, 0.5) is 0 Å². The summed E-state index contributed by atoms with van der Waals surface area (Å²) in [6.45, 7) is 3.71. The van der Waals surface area contributed by atoms with Crippen LogP contribution in [0.2, 0.25) is 0 Å². The van der Waals surface area contributed by atoms with Gasteiger partial charge < -0.3 is 24.2 Å². The van der Waals surface area contributed by atoms with E-state index in [-0.39, 0.29) is 47.7 Å². The van der Waals surface area contributed by atoms with E-state index in [2.05, 4.69) is 18.8 Å². The van der Waals surface area contributed by atoms with Crippen molar-refractivity contribution in [1.29, 1.82) is 0 Å². The molecular formula is C33H39NaO7S2. The molecule has 0 bridgehead atoms. The van der Waals surface area contributed by atoms with E-state index in [4.69, 9.17) is 14.6 Å². The van der Waals surface area contributed by atoms with Crippen molar-refractivity contribution in [3.05, 3.63) is 72.3 Å². The van der Waals surface area contributed by atoms with Crippen molar-refractivity contribution in [3.8, 4) is 28.7 Å². The summed E-state index contributed by atoms with van der Waals surface area (Å²) >= 11 is 1.19. The minimum absolute atomic E-state index is 0. The van der Waals surface area contributed by atoms with Gasteiger partial charge in [-0.2, -0.15) is 0 Å². The summed E-state index contributed by atoms with van der Waals surface area (Å²) in [6.07, 6.45) is 5.71. The van der Waals surface area contributed by atoms with Crippen LogP contribution in [0.1, 0.15) is 63.5 Å². The Morgan fingerprint density at radius 2 is 1.65 bits per heavy atom. The molecule has 43 heavy (non-hydrogen) atoms. The molecule has 7 nitrogen and oxygen atoms in total. The molecule has 1 unspecified atom stereocenters. The summed E-state index contributed by atoms with van der Waals surface area (Å²) in [5.74, 6) is 6.38. The fourth-order valence-electron chi connectivity index (χ4n) is 4.20. The fourth-order valence-corrected chi connectivity index (χ4v) is 6.04. The van der Waals surface area contributed by atoms with Crippen LogP contribution in [0.15, 0.2) is 81.4 Å². The van der Waals surface area contributed by atoms with E-state index in [1.807, 2.05) is 24.3 Å². The van der Waals surface area contributed by atoms with Crippen LogP contribution in [0.3, 0.4) is 0 Å². The predicted octanol–water partition coefficient (Wildman–Crippen LogP) is 3.59. The number of aliphatic hydroxyl groups is 2. The van der Waals surface area contributed by atoms with Gasteiger partial charge in [-0.1, -0.05) is 86.5 Å². The summed E-state index contributed by atoms with van der Waals surface area (Å²) in [4.78, 5) is 0.760. The third-order valence-electron chi connectivity index (χ3n) is 6.46. The SMILES string of the molecule is CCCCOc1ccc(Sc2ccc(-c3ccccc3C(O)C#CCOCCCCCCCO)cc2S(=O)(=O)[O-])cc1.[Na+]. The molecule has 0 amide bonds. The molecule has 3 rings (SSSR count). The average molecular weight is 635 g/mol. The molecule has 0 aromatic heterocycles. The van der Waals surface area contributed by atoms with E-state index < -0.39 is 16.2 Å². The largest absolute Gasteiger partial charge is 1.00 e. The van der Waals surface area contributed by atoms with Crippen LogP contribution >= 0.6 is 11.8 Å². The molecule has 0 aliphatic heterocycles. The Balaban J connectivity index is 0.00000645. The minimum atomic E-state index is -4.79. The van der Waals surface area contributed by atoms with Crippen LogP contribution < -0.4 is 34.3 Å². The maximum absolute atomic E-state index is 12.3. The Labute approximate surface area is 282 Å². The topological polar surface area (TPSA) is 116 Å². The summed E-state index contributed by atoms with van der Waals surface area (Å²) < 4.78 is 48.1. The van der Waals surface area contributed by atoms with Gasteiger partial charge in [-0.15, -0.1) is 0 Å². The Morgan fingerprint density at radius 1 is 0.930 bits per heavy atom. The van der Waals surface area contributed by atoms with Crippen molar-refractivity contribution in [2.45, 2.75) is 72.7 Å². The van der Waals surface area contributed by atoms with Gasteiger partial charge in [0.15, 0.2) is 0 Å². The van der Waals surface area contributed by atoms with Crippen molar-refractivity contribution in [2.75, 3.05) is 26.4 Å². The Hall–Kier alpha value is -1.84. The third-order valence-corrected chi connectivity index (χ3v) is 8.55. The fraction of sp³-hybridized carbons (Fsp3) is 0.394. The summed E-state index contributed by atoms with van der Waals surface area (Å²) in [6, 6.07) is 19.0. The molecule has 0 aliphatic carbocycles. The molecule has 3 aromatic carbocycles. The zero-order chi connectivity index (χ0) is 30.2. The molecular weight excluding hydrogens is 595 g/mol. The van der Waals surface area contributed by atoms with Crippen LogP contribution in [0.25, 0.3) is 11.1 Å². The first kappa shape index (κ1) is 37.3. The van der Waals surface area contributed by atoms with Gasteiger partial charge in [0.05, 0.1) is 11.5 Å². The molecule has 0 aliphatic rings. The molecule has 3 aromatic rings. The summed E-state index contributed by atoms with van der Waals surface area (Å²) in [7, 11) is -4.79. The van der Waals surface area contributed by atoms with E-state index >= 15 is 0 Å². The van der Waals surface area contributed by atoms with E-state index in [1.54, 1.807) is 36.4 Å². The number of benzene rings is 3. The molecule has 0 spiro atoms. The van der Waals surface area contributed by atoms with Crippen LogP contribution in [0, 0.1) is 11.8 Å². The maximum Gasteiger partial charge on any atom is 1.00 e. The molecule has 0 radical (unpaired) electrons. The second-order valence-corrected chi connectivity index (χ2v) is 12.2. The number of hydrogen-bond donors (Lipinski definition) is 2. The van der Waals surface area contributed by atoms with Crippen molar-refractivity contribution in [2.24, 2.45) is 0 Å². The zero-order valence-electron chi connectivity index (χ0n) is 25.0. The predicted molar refractivity (Wildman–Crippen MR) is 165 cm³/mol. The second-order valence-electron chi connectivity index (χ2n) is 9.75. The molecule has 0 heterocycles. The van der Waals surface area contributed by atoms with Gasteiger partial charge in [0, 0.05) is 28.6 Å². The van der Waals surface area contributed by atoms with E-state index in [0.29, 0.717) is 34.8 Å². The first-order valence-electron chi connectivity index (χ1n) is 14.3. The molecule has 0 saturated heterocycles. The molecule has 10 heteroatoms. The van der Waals surface area contributed by atoms with Crippen molar-refractivity contribution >= 4 is 21.9 Å². The molecule has 226 valence electrons. The van der Waals surface area contributed by atoms with Gasteiger partial charge in [-0.05, 0) is 66.8 Å². The Bertz CT molecular complexity index is 1420. The number of ether oxygens (including phenoxy) is 2. The van der Waals surface area contributed by atoms with Gasteiger partial charge in [-0.25, -0.2) is 8.42 Å². The van der Waals surface area contributed by atoms with E-state index in [9.17, 15) is 18.1 Å². The van der Waals surface area contributed by atoms with Gasteiger partial charge in [-0.3, -0.25) is 0 Å². The van der Waals surface area contributed by atoms with Crippen molar-refractivity contribution < 1.29 is 62.2 Å². The standard InChI is InChI=1S/C33H40O7S2.Na/c1-2-3-24-40-27-16-18-28(19-17-27)41-32-20-15-26(25-33(32)42(36,37)38)29-12-7-8-13-30(29)31(35)14-11-23-39-22-10-6-4-5-9-21-34;/h7-8,12-13,15-20,25,31,34-35H,2-6,9-10,21-24H2,1H3,(H,36,37,38);/q;+1/p-1. The van der Waals surface area contributed by atoms with Gasteiger partial charge >= 0.3 is 29.6 Å². The summed E-state index contributed by atoms with van der Waals surface area (Å²) in [5, 5.41) is 19.6. The third kappa shape index (κ3) is 13.0. The smallest absolute Gasteiger partial charge is 0.744 e. The maximum atomic E-state index is 12.3. The minimum Gasteiger partial charge on any atom is -0.744 e. The van der Waals surface area contributed by atoms with E-state index in [0.717, 1.165) is 55.6 Å². The Morgan fingerprint density at radius 3 is 2.37 bits per heavy atom. The number of unbranched alkanes of at least 4 members (excludes halogenated alkanes) is 5. The quantitative estimate of drug-likeness (QED) is 0.100. The Kier molecular flexibility index (Phi) is 17.6. The number of rotatable bonds is 17. The zero-order valence-corrected chi connectivity index (χ0v) is 28.6. The second kappa shape index (κ2) is 20.2. The number of aliphatic hydroxyl groups excluding tert-OH is 2. The summed E-state index contributed by atoms with van der Waals surface area (Å²) in [5.41, 5.74) is 1.57. The van der Waals surface area contributed by atoms with Crippen molar-refractivity contribution in [3.63, 3.8) is 0 Å². The first-order chi connectivity index (χ1) is 20.3. The molecule has 1 atom stereocenters. The van der Waals surface area contributed by atoms with Gasteiger partial charge in [0.1, 0.15) is 28.6 Å². The van der Waals surface area contributed by atoms with Gasteiger partial charge in [0.25, 0.3) is 0 Å². The van der Waals surface area contributed by atoms with Crippen LogP contribution in [-0.2, 0) is 14.9 Å². The molecule has 0 saturated carbocycles. The number of hydrogen-bond acceptors (Lipinski definition) is 8. The monoisotopic (exact) mass is 634 g/mol. The molecule has 2 N–H and O–H groups in total. The van der Waals surface area contributed by atoms with Crippen molar-refractivity contribution in [1.82, 2.24) is 0 Å². The van der Waals surface area contributed by atoms with Crippen LogP contribution in [0.5, 0.6) is 5.75 Å². The normalized spacial score (nSPS) is 11.7. The van der Waals surface area contributed by atoms with Gasteiger partial charge in [0.2, 0.25) is 0 Å². The average Bonchev–Trinajstić information content (AvgIpc) is 2.98. The first-order valence-corrected chi connectivity index (χ1v) is 16.5. The van der Waals surface area contributed by atoms with E-state index in [1.165, 1.54) is 17.8 Å². The van der Waals surface area contributed by atoms with Crippen LogP contribution in [-0.4, -0.2) is 49.6 Å². The molecule has 0 fully saturated rings.